The molecule has 11 aromatic carbocycles. The number of aromatic nitrogens is 2. The van der Waals surface area contributed by atoms with E-state index in [1.54, 1.807) is 0 Å². The highest BCUT2D eigenvalue weighted by molar-refractivity contribution is 7.20. The Bertz CT molecular complexity index is 3670. The zero-order chi connectivity index (χ0) is 50.0. The number of rotatable bonds is 12. The molecule has 0 saturated carbocycles. The van der Waals surface area contributed by atoms with Gasteiger partial charge in [0.05, 0.1) is 28.1 Å². The fourth-order valence-corrected chi connectivity index (χ4v) is 21.4. The smallest absolute Gasteiger partial charge is 0.179 e. The zero-order valence-corrected chi connectivity index (χ0v) is 43.4. The minimum absolute atomic E-state index is 0.915. The van der Waals surface area contributed by atoms with Gasteiger partial charge in [-0.3, -0.25) is 0 Å². The highest BCUT2D eigenvalue weighted by Crippen LogP contribution is 2.37. The molecule has 0 N–H and O–H groups in total. The molecule has 0 aliphatic heterocycles. The predicted octanol–water partition coefficient (Wildman–Crippen LogP) is 11.9. The third-order valence-electron chi connectivity index (χ3n) is 15.3. The van der Waals surface area contributed by atoms with E-state index in [-0.39, 0.29) is 0 Å². The first-order valence-corrected chi connectivity index (χ1v) is 29.9. The minimum atomic E-state index is -2.75. The summed E-state index contributed by atoms with van der Waals surface area (Å²) in [5.74, 6) is 0. The van der Waals surface area contributed by atoms with E-state index in [1.165, 1.54) is 63.4 Å². The molecule has 13 rings (SSSR count). The second-order valence-corrected chi connectivity index (χ2v) is 27.0. The summed E-state index contributed by atoms with van der Waals surface area (Å²) in [6.07, 6.45) is 0. The average molecular weight is 989 g/mol. The monoisotopic (exact) mass is 988 g/mol. The van der Waals surface area contributed by atoms with E-state index >= 15 is 0 Å². The van der Waals surface area contributed by atoms with E-state index in [0.717, 1.165) is 39.2 Å². The Morgan fingerprint density at radius 2 is 0.533 bits per heavy atom. The molecule has 0 atom stereocenters. The molecule has 0 unspecified atom stereocenters. The van der Waals surface area contributed by atoms with Gasteiger partial charge in [0.25, 0.3) is 0 Å². The molecule has 0 radical (unpaired) electrons. The topological polar surface area (TPSA) is 17.8 Å². The van der Waals surface area contributed by atoms with Crippen LogP contribution in [-0.2, 0) is 0 Å². The van der Waals surface area contributed by atoms with Crippen LogP contribution in [0, 0.1) is 0 Å². The van der Waals surface area contributed by atoms with Crippen molar-refractivity contribution in [1.29, 1.82) is 0 Å². The average Bonchev–Trinajstić information content (AvgIpc) is 3.84. The van der Waals surface area contributed by atoms with Gasteiger partial charge < -0.3 is 4.57 Å². The van der Waals surface area contributed by atoms with Crippen LogP contribution in [0.2, 0.25) is 0 Å². The first-order valence-electron chi connectivity index (χ1n) is 25.9. The number of hydrogen-bond acceptors (Lipinski definition) is 1. The predicted molar refractivity (Wildman–Crippen MR) is 322 cm³/mol. The number of fused-ring (bicyclic) bond motifs is 3. The van der Waals surface area contributed by atoms with E-state index in [4.69, 9.17) is 4.98 Å². The molecule has 4 heteroatoms. The number of para-hydroxylation sites is 1. The van der Waals surface area contributed by atoms with Gasteiger partial charge in [-0.2, -0.15) is 0 Å². The summed E-state index contributed by atoms with van der Waals surface area (Å²) in [6, 6.07) is 117. The largest absolute Gasteiger partial charge is 0.309 e. The molecule has 0 amide bonds. The summed E-state index contributed by atoms with van der Waals surface area (Å²) < 4.78 is 2.44. The van der Waals surface area contributed by atoms with Crippen LogP contribution < -0.4 is 41.5 Å². The van der Waals surface area contributed by atoms with Gasteiger partial charge in [-0.05, 0) is 83.0 Å². The van der Waals surface area contributed by atoms with Crippen molar-refractivity contribution < 1.29 is 0 Å². The maximum Gasteiger partial charge on any atom is 0.179 e. The van der Waals surface area contributed by atoms with Crippen molar-refractivity contribution >= 4 is 79.4 Å². The molecule has 354 valence electrons. The highest BCUT2D eigenvalue weighted by Gasteiger charge is 2.42. The van der Waals surface area contributed by atoms with Gasteiger partial charge in [-0.1, -0.05) is 285 Å². The van der Waals surface area contributed by atoms with Gasteiger partial charge in [0.2, 0.25) is 0 Å². The van der Waals surface area contributed by atoms with Crippen LogP contribution in [0.1, 0.15) is 0 Å². The van der Waals surface area contributed by atoms with Gasteiger partial charge in [0.15, 0.2) is 16.1 Å². The lowest BCUT2D eigenvalue weighted by Crippen LogP contribution is -2.74. The van der Waals surface area contributed by atoms with Crippen LogP contribution in [-0.4, -0.2) is 25.7 Å². The molecule has 2 aromatic heterocycles. The molecule has 0 spiro atoms. The van der Waals surface area contributed by atoms with Crippen molar-refractivity contribution in [3.63, 3.8) is 0 Å². The maximum absolute atomic E-state index is 5.64. The third kappa shape index (κ3) is 7.99. The summed E-state index contributed by atoms with van der Waals surface area (Å²) in [5, 5.41) is 13.2. The molecule has 13 aromatic rings. The number of benzene rings is 11. The Balaban J connectivity index is 1.01. The molecular formula is C71H52N2Si2. The molecule has 2 nitrogen and oxygen atoms in total. The van der Waals surface area contributed by atoms with E-state index in [2.05, 4.69) is 320 Å². The standard InChI is InChI=1S/C71H52N2Si2/c1-8-24-53(25-9-1)56-44-49-71-67(50-56)66-38-22-23-39-70(66)73(71)57-51-68(54-40-45-64(46-41-54)74(58-26-10-2-11-27-58,59-28-12-3-13-29-59)60-30-14-4-15-31-60)72-69(52-57)55-42-47-65(48-43-55)75(61-32-16-5-17-33-61,62-34-18-6-19-35-62)63-36-20-7-21-37-63/h1-52H. The number of nitrogens with zero attached hydrogens (tertiary/aromatic N) is 2. The highest BCUT2D eigenvalue weighted by atomic mass is 28.3. The van der Waals surface area contributed by atoms with Gasteiger partial charge in [0.1, 0.15) is 0 Å². The Hall–Kier alpha value is -9.20. The summed E-state index contributed by atoms with van der Waals surface area (Å²) in [4.78, 5) is 5.64. The van der Waals surface area contributed by atoms with Crippen LogP contribution >= 0.6 is 0 Å². The third-order valence-corrected chi connectivity index (χ3v) is 24.9. The number of hydrogen-bond donors (Lipinski definition) is 0. The van der Waals surface area contributed by atoms with Crippen molar-refractivity contribution in [3.05, 3.63) is 315 Å². The molecule has 0 bridgehead atoms. The zero-order valence-electron chi connectivity index (χ0n) is 41.4. The summed E-state index contributed by atoms with van der Waals surface area (Å²) in [5.41, 5.74) is 9.72. The Morgan fingerprint density at radius 3 is 0.920 bits per heavy atom. The number of pyridine rings is 1. The summed E-state index contributed by atoms with van der Waals surface area (Å²) in [6.45, 7) is 0. The Labute approximate surface area is 441 Å². The lowest BCUT2D eigenvalue weighted by molar-refractivity contribution is 1.16. The van der Waals surface area contributed by atoms with Gasteiger partial charge in [-0.15, -0.1) is 0 Å². The van der Waals surface area contributed by atoms with Crippen LogP contribution in [0.5, 0.6) is 0 Å². The van der Waals surface area contributed by atoms with Crippen LogP contribution in [0.3, 0.4) is 0 Å². The van der Waals surface area contributed by atoms with E-state index in [1.807, 2.05) is 0 Å². The van der Waals surface area contributed by atoms with Crippen molar-refractivity contribution in [2.75, 3.05) is 0 Å². The van der Waals surface area contributed by atoms with Crippen LogP contribution in [0.15, 0.2) is 315 Å². The van der Waals surface area contributed by atoms with E-state index in [9.17, 15) is 0 Å². The second kappa shape index (κ2) is 19.7. The molecular weight excluding hydrogens is 937 g/mol. The fourth-order valence-electron chi connectivity index (χ4n) is 11.9. The maximum atomic E-state index is 5.64. The minimum Gasteiger partial charge on any atom is -0.309 e. The van der Waals surface area contributed by atoms with E-state index < -0.39 is 16.1 Å². The van der Waals surface area contributed by atoms with Gasteiger partial charge >= 0.3 is 0 Å². The Kier molecular flexibility index (Phi) is 12.0. The Morgan fingerprint density at radius 1 is 0.227 bits per heavy atom. The van der Waals surface area contributed by atoms with Gasteiger partial charge in [-0.25, -0.2) is 4.98 Å². The molecule has 0 aliphatic carbocycles. The summed E-state index contributed by atoms with van der Waals surface area (Å²) >= 11 is 0. The molecule has 0 aliphatic rings. The molecule has 0 saturated heterocycles. The van der Waals surface area contributed by atoms with Crippen LogP contribution in [0.25, 0.3) is 61.1 Å². The lowest BCUT2D eigenvalue weighted by Gasteiger charge is -2.34. The quantitative estimate of drug-likeness (QED) is 0.0881. The van der Waals surface area contributed by atoms with Crippen molar-refractivity contribution in [1.82, 2.24) is 9.55 Å². The lowest BCUT2D eigenvalue weighted by atomic mass is 10.0. The first-order chi connectivity index (χ1) is 37.2. The van der Waals surface area contributed by atoms with Crippen molar-refractivity contribution in [2.45, 2.75) is 0 Å². The van der Waals surface area contributed by atoms with Gasteiger partial charge in [0, 0.05) is 21.9 Å². The van der Waals surface area contributed by atoms with E-state index in [0.29, 0.717) is 0 Å². The van der Waals surface area contributed by atoms with Crippen molar-refractivity contribution in [3.8, 4) is 39.3 Å². The second-order valence-electron chi connectivity index (χ2n) is 19.4. The summed E-state index contributed by atoms with van der Waals surface area (Å²) in [7, 11) is -5.50. The molecule has 0 fully saturated rings. The van der Waals surface area contributed by atoms with Crippen LogP contribution in [0.4, 0.5) is 0 Å². The fraction of sp³-hybridized carbons (Fsp3) is 0. The molecule has 75 heavy (non-hydrogen) atoms. The SMILES string of the molecule is c1ccc(-c2ccc3c(c2)c2ccccc2n3-c2cc(-c3ccc([Si](c4ccccc4)(c4ccccc4)c4ccccc4)cc3)nc(-c3ccc([Si](c4ccccc4)(c4ccccc4)c4ccccc4)cc3)c2)cc1. The first kappa shape index (κ1) is 45.7. The normalized spacial score (nSPS) is 11.7. The van der Waals surface area contributed by atoms with Crippen molar-refractivity contribution in [2.24, 2.45) is 0 Å². The molecule has 2 heterocycles.